The molecule has 0 aliphatic rings. The Labute approximate surface area is 249 Å². The van der Waals surface area contributed by atoms with Crippen LogP contribution in [0.2, 0.25) is 0 Å². The fraction of sp³-hybridized carbons (Fsp3) is 0.774. The Bertz CT molecular complexity index is 711. The number of carbonyl (C=O) groups excluding carboxylic acids is 2. The monoisotopic (exact) mass is 585 g/mol. The fourth-order valence-corrected chi connectivity index (χ4v) is 4.36. The minimum absolute atomic E-state index is 0. The molecular weight excluding hydrogens is 530 g/mol. The summed E-state index contributed by atoms with van der Waals surface area (Å²) < 4.78 is 17.6. The Morgan fingerprint density at radius 3 is 1.52 bits per heavy atom. The maximum atomic E-state index is 11.9. The second kappa shape index (κ2) is 28.5. The third-order valence-corrected chi connectivity index (χ3v) is 6.85. The van der Waals surface area contributed by atoms with Gasteiger partial charge in [0, 0.05) is 25.8 Å². The second-order valence-electron chi connectivity index (χ2n) is 10.3. The number of unbranched alkanes of at least 4 members (excludes halogenated alkanes) is 15. The van der Waals surface area contributed by atoms with Gasteiger partial charge in [0.05, 0.1) is 6.54 Å². The van der Waals surface area contributed by atoms with E-state index in [9.17, 15) is 9.59 Å². The summed E-state index contributed by atoms with van der Waals surface area (Å²) in [5.41, 5.74) is 0. The lowest BCUT2D eigenvalue weighted by Crippen LogP contribution is -3.00. The van der Waals surface area contributed by atoms with Crippen LogP contribution in [-0.2, 0) is 20.8 Å². The molecule has 0 aliphatic carbocycles. The largest absolute Gasteiger partial charge is 1.00 e. The molecule has 0 spiro atoms. The number of carbonyl (C=O) groups is 2. The first-order chi connectivity index (χ1) is 19.2. The Morgan fingerprint density at radius 1 is 0.650 bits per heavy atom. The summed E-state index contributed by atoms with van der Waals surface area (Å²) in [4.78, 5) is 23.8. The first-order valence-electron chi connectivity index (χ1n) is 15.4. The molecule has 0 unspecified atom stereocenters. The van der Waals surface area contributed by atoms with Crippen LogP contribution in [0, 0.1) is 0 Å². The van der Waals surface area contributed by atoms with E-state index >= 15 is 0 Å². The average Bonchev–Trinajstić information content (AvgIpc) is 2.95. The van der Waals surface area contributed by atoms with Gasteiger partial charge in [-0.2, -0.15) is 0 Å². The lowest BCUT2D eigenvalue weighted by atomic mass is 10.0. The quantitative estimate of drug-likeness (QED) is 0.135. The summed E-state index contributed by atoms with van der Waals surface area (Å²) in [6, 6.07) is 5.80. The molecule has 0 aliphatic heterocycles. The first-order valence-corrected chi connectivity index (χ1v) is 15.4. The van der Waals surface area contributed by atoms with Gasteiger partial charge >= 0.3 is 12.2 Å². The highest BCUT2D eigenvalue weighted by Gasteiger charge is 2.14. The highest BCUT2D eigenvalue weighted by atomic mass is 35.5. The Morgan fingerprint density at radius 2 is 1.07 bits per heavy atom. The van der Waals surface area contributed by atoms with Gasteiger partial charge in [-0.15, -0.1) is 0 Å². The molecule has 1 atom stereocenters. The van der Waals surface area contributed by atoms with Gasteiger partial charge in [0.2, 0.25) is 0 Å². The Hall–Kier alpha value is -2.06. The van der Waals surface area contributed by atoms with E-state index in [1.165, 1.54) is 97.0 Å². The number of hydrogen-bond acceptors (Lipinski definition) is 5. The normalized spacial score (nSPS) is 11.3. The van der Waals surface area contributed by atoms with Crippen LogP contribution in [-0.4, -0.2) is 51.7 Å². The number of nitrogens with zero attached hydrogens (tertiary/aromatic N) is 1. The van der Waals surface area contributed by atoms with Gasteiger partial charge in [-0.05, 0) is 6.42 Å². The number of rotatable bonds is 25. The van der Waals surface area contributed by atoms with Gasteiger partial charge in [-0.1, -0.05) is 109 Å². The number of halogens is 1. The maximum Gasteiger partial charge on any atom is 0.407 e. The molecule has 0 bridgehead atoms. The van der Waals surface area contributed by atoms with Crippen LogP contribution in [0.3, 0.4) is 0 Å². The van der Waals surface area contributed by atoms with Crippen LogP contribution >= 0.6 is 0 Å². The van der Waals surface area contributed by atoms with E-state index in [1.54, 1.807) is 0 Å². The summed E-state index contributed by atoms with van der Waals surface area (Å²) in [5.74, 6) is 0. The lowest BCUT2D eigenvalue weighted by Gasteiger charge is -2.16. The van der Waals surface area contributed by atoms with Crippen LogP contribution in [0.25, 0.3) is 0 Å². The van der Waals surface area contributed by atoms with Crippen LogP contribution in [0.5, 0.6) is 0 Å². The van der Waals surface area contributed by atoms with E-state index in [-0.39, 0.29) is 25.6 Å². The fourth-order valence-electron chi connectivity index (χ4n) is 4.36. The van der Waals surface area contributed by atoms with E-state index in [2.05, 4.69) is 17.6 Å². The molecule has 2 amide bonds. The van der Waals surface area contributed by atoms with Crippen molar-refractivity contribution in [2.75, 3.05) is 33.4 Å². The standard InChI is InChI=1S/C31H55N3O5.ClH/c1-3-4-5-6-7-8-9-10-11-12-13-14-15-16-17-19-22-32-30(35)38-27-29(37-2)28-39-31(36)33-23-26-34-24-20-18-21-25-34;/h18,20-21,24-25,29H,3-17,19,22-23,26-28H2,1-2H3,(H-,32,33,35,36);1H/t29-;/m0./s1. The SMILES string of the molecule is CCCCCCCCCCCCCCCCCCNC(=O)OC[C@@H](COC(=O)NCC[n+]1ccccc1)OC.[Cl-]. The van der Waals surface area contributed by atoms with Crippen molar-refractivity contribution in [1.82, 2.24) is 10.6 Å². The van der Waals surface area contributed by atoms with Gasteiger partial charge < -0.3 is 37.3 Å². The summed E-state index contributed by atoms with van der Waals surface area (Å²) >= 11 is 0. The van der Waals surface area contributed by atoms with Gasteiger partial charge in [-0.25, -0.2) is 14.2 Å². The number of aromatic nitrogens is 1. The first kappa shape index (κ1) is 37.9. The molecule has 8 nitrogen and oxygen atoms in total. The van der Waals surface area contributed by atoms with Crippen molar-refractivity contribution >= 4 is 12.2 Å². The van der Waals surface area contributed by atoms with Gasteiger partial charge in [-0.3, -0.25) is 0 Å². The topological polar surface area (TPSA) is 89.8 Å². The molecule has 40 heavy (non-hydrogen) atoms. The third kappa shape index (κ3) is 23.8. The zero-order valence-corrected chi connectivity index (χ0v) is 25.9. The minimum atomic E-state index is -0.526. The molecule has 232 valence electrons. The average molecular weight is 586 g/mol. The van der Waals surface area contributed by atoms with Crippen molar-refractivity contribution in [3.8, 4) is 0 Å². The lowest BCUT2D eigenvalue weighted by molar-refractivity contribution is -0.694. The zero-order chi connectivity index (χ0) is 28.2. The molecule has 0 saturated heterocycles. The van der Waals surface area contributed by atoms with Crippen molar-refractivity contribution < 1.29 is 40.8 Å². The summed E-state index contributed by atoms with van der Waals surface area (Å²) in [6.45, 7) is 4.00. The van der Waals surface area contributed by atoms with E-state index in [4.69, 9.17) is 14.2 Å². The van der Waals surface area contributed by atoms with Crippen LogP contribution in [0.15, 0.2) is 30.6 Å². The molecule has 0 aromatic carbocycles. The number of pyridine rings is 1. The number of methoxy groups -OCH3 is 1. The van der Waals surface area contributed by atoms with Gasteiger partial charge in [0.25, 0.3) is 0 Å². The summed E-state index contributed by atoms with van der Waals surface area (Å²) in [7, 11) is 1.50. The number of amides is 2. The molecule has 2 N–H and O–H groups in total. The maximum absolute atomic E-state index is 11.9. The van der Waals surface area contributed by atoms with Crippen molar-refractivity contribution in [2.24, 2.45) is 0 Å². The molecule has 1 aromatic rings. The molecule has 1 heterocycles. The van der Waals surface area contributed by atoms with Crippen molar-refractivity contribution in [2.45, 2.75) is 122 Å². The molecule has 0 fully saturated rings. The van der Waals surface area contributed by atoms with Crippen LogP contribution < -0.4 is 27.6 Å². The van der Waals surface area contributed by atoms with E-state index < -0.39 is 18.3 Å². The number of alkyl carbamates (subject to hydrolysis) is 2. The van der Waals surface area contributed by atoms with E-state index in [1.807, 2.05) is 35.2 Å². The van der Waals surface area contributed by atoms with Gasteiger partial charge in [0.1, 0.15) is 19.3 Å². The second-order valence-corrected chi connectivity index (χ2v) is 10.3. The summed E-state index contributed by atoms with van der Waals surface area (Å²) in [5, 5.41) is 5.47. The molecule has 1 aromatic heterocycles. The van der Waals surface area contributed by atoms with Crippen molar-refractivity contribution in [3.63, 3.8) is 0 Å². The minimum Gasteiger partial charge on any atom is -1.00 e. The number of hydrogen-bond donors (Lipinski definition) is 2. The third-order valence-electron chi connectivity index (χ3n) is 6.85. The number of nitrogens with one attached hydrogen (secondary N) is 2. The molecule has 0 radical (unpaired) electrons. The predicted molar refractivity (Wildman–Crippen MR) is 156 cm³/mol. The molecule has 9 heteroatoms. The van der Waals surface area contributed by atoms with Crippen LogP contribution in [0.1, 0.15) is 110 Å². The van der Waals surface area contributed by atoms with Crippen molar-refractivity contribution in [3.05, 3.63) is 30.6 Å². The molecular formula is C31H56ClN3O5. The van der Waals surface area contributed by atoms with Crippen molar-refractivity contribution in [1.29, 1.82) is 0 Å². The van der Waals surface area contributed by atoms with Crippen LogP contribution in [0.4, 0.5) is 9.59 Å². The highest BCUT2D eigenvalue weighted by Crippen LogP contribution is 2.13. The molecule has 1 rings (SSSR count). The van der Waals surface area contributed by atoms with E-state index in [0.717, 1.165) is 12.8 Å². The number of ether oxygens (including phenoxy) is 3. The van der Waals surface area contributed by atoms with E-state index in [0.29, 0.717) is 19.6 Å². The predicted octanol–water partition coefficient (Wildman–Crippen LogP) is 3.71. The Kier molecular flexibility index (Phi) is 27.0. The Balaban J connectivity index is 0.0000152. The smallest absolute Gasteiger partial charge is 0.407 e. The molecule has 0 saturated carbocycles. The highest BCUT2D eigenvalue weighted by molar-refractivity contribution is 5.67. The van der Waals surface area contributed by atoms with Gasteiger partial charge in [0.15, 0.2) is 18.9 Å². The zero-order valence-electron chi connectivity index (χ0n) is 25.2. The summed E-state index contributed by atoms with van der Waals surface area (Å²) in [6.07, 6.45) is 23.5.